The van der Waals surface area contributed by atoms with Crippen LogP contribution in [0.1, 0.15) is 32.6 Å². The predicted octanol–water partition coefficient (Wildman–Crippen LogP) is 0.609. The molecule has 0 aromatic heterocycles. The number of fused-ring (bicyclic) bond motifs is 1. The van der Waals surface area contributed by atoms with Crippen LogP contribution < -0.4 is 5.32 Å². The van der Waals surface area contributed by atoms with Gasteiger partial charge in [-0.3, -0.25) is 9.69 Å². The smallest absolute Gasteiger partial charge is 0.320 e. The second-order valence-corrected chi connectivity index (χ2v) is 5.72. The van der Waals surface area contributed by atoms with Gasteiger partial charge >= 0.3 is 5.97 Å². The maximum absolute atomic E-state index is 11.1. The maximum Gasteiger partial charge on any atom is 0.320 e. The van der Waals surface area contributed by atoms with Crippen LogP contribution in [-0.2, 0) is 4.79 Å². The topological polar surface area (TPSA) is 55.8 Å². The second-order valence-electron chi connectivity index (χ2n) is 5.72. The van der Waals surface area contributed by atoms with Gasteiger partial charge in [-0.1, -0.05) is 6.92 Å². The third-order valence-electron chi connectivity index (χ3n) is 4.37. The van der Waals surface area contributed by atoms with Crippen LogP contribution in [0.4, 0.5) is 0 Å². The molecule has 2 heterocycles. The molecular weight excluding hydrogens is 242 g/mol. The number of carbonyl (C=O) groups is 1. The highest BCUT2D eigenvalue weighted by Gasteiger charge is 2.29. The highest BCUT2D eigenvalue weighted by molar-refractivity contribution is 5.73. The molecule has 2 atom stereocenters. The zero-order valence-electron chi connectivity index (χ0n) is 12.0. The van der Waals surface area contributed by atoms with Crippen LogP contribution in [0.15, 0.2) is 0 Å². The van der Waals surface area contributed by atoms with E-state index in [4.69, 9.17) is 5.11 Å². The van der Waals surface area contributed by atoms with E-state index < -0.39 is 12.0 Å². The molecule has 2 unspecified atom stereocenters. The minimum absolute atomic E-state index is 0.395. The Labute approximate surface area is 115 Å². The van der Waals surface area contributed by atoms with E-state index in [1.807, 2.05) is 6.92 Å². The van der Waals surface area contributed by atoms with E-state index in [-0.39, 0.29) is 0 Å². The van der Waals surface area contributed by atoms with Crippen molar-refractivity contribution >= 4 is 5.97 Å². The standard InChI is InChI=1S/C14H27N3O2/c1-2-15-13(14(18)19)6-10-16-7-4-9-17-8-3-5-12(17)11-16/h12-13,15H,2-11H2,1H3,(H,18,19). The molecule has 0 aromatic carbocycles. The van der Waals surface area contributed by atoms with Crippen molar-refractivity contribution in [3.63, 3.8) is 0 Å². The number of nitrogens with zero attached hydrogens (tertiary/aromatic N) is 2. The number of hydrogen-bond acceptors (Lipinski definition) is 4. The highest BCUT2D eigenvalue weighted by atomic mass is 16.4. The number of likely N-dealkylation sites (N-methyl/N-ethyl adjacent to an activating group) is 1. The van der Waals surface area contributed by atoms with Gasteiger partial charge in [0.25, 0.3) is 0 Å². The SMILES string of the molecule is CCNC(CCN1CCCN2CCCC2C1)C(=O)O. The Hall–Kier alpha value is -0.650. The van der Waals surface area contributed by atoms with Crippen LogP contribution in [0, 0.1) is 0 Å². The van der Waals surface area contributed by atoms with Crippen molar-refractivity contribution in [1.29, 1.82) is 0 Å². The van der Waals surface area contributed by atoms with E-state index in [0.717, 1.165) is 19.6 Å². The fourth-order valence-electron chi connectivity index (χ4n) is 3.36. The normalized spacial score (nSPS) is 26.9. The Morgan fingerprint density at radius 1 is 1.37 bits per heavy atom. The molecule has 2 aliphatic rings. The fraction of sp³-hybridized carbons (Fsp3) is 0.929. The van der Waals surface area contributed by atoms with Crippen molar-refractivity contribution in [2.75, 3.05) is 39.3 Å². The maximum atomic E-state index is 11.1. The van der Waals surface area contributed by atoms with Crippen molar-refractivity contribution in [2.45, 2.75) is 44.7 Å². The molecule has 2 N–H and O–H groups in total. The third-order valence-corrected chi connectivity index (χ3v) is 4.37. The molecule has 2 aliphatic heterocycles. The van der Waals surface area contributed by atoms with Gasteiger partial charge in [0.2, 0.25) is 0 Å². The van der Waals surface area contributed by atoms with Gasteiger partial charge in [0, 0.05) is 19.1 Å². The lowest BCUT2D eigenvalue weighted by Gasteiger charge is -2.26. The van der Waals surface area contributed by atoms with E-state index in [0.29, 0.717) is 19.0 Å². The summed E-state index contributed by atoms with van der Waals surface area (Å²) in [5.41, 5.74) is 0. The molecule has 0 radical (unpaired) electrons. The van der Waals surface area contributed by atoms with Gasteiger partial charge in [-0.05, 0) is 51.9 Å². The summed E-state index contributed by atoms with van der Waals surface area (Å²) in [6.07, 6.45) is 4.56. The van der Waals surface area contributed by atoms with E-state index in [1.54, 1.807) is 0 Å². The molecule has 0 amide bonds. The van der Waals surface area contributed by atoms with E-state index >= 15 is 0 Å². The van der Waals surface area contributed by atoms with E-state index in [9.17, 15) is 4.79 Å². The summed E-state index contributed by atoms with van der Waals surface area (Å²) in [4.78, 5) is 16.2. The summed E-state index contributed by atoms with van der Waals surface area (Å²) in [5, 5.41) is 12.2. The number of carboxylic acid groups (broad SMARTS) is 1. The lowest BCUT2D eigenvalue weighted by atomic mass is 10.1. The minimum Gasteiger partial charge on any atom is -0.480 e. The Morgan fingerprint density at radius 2 is 2.16 bits per heavy atom. The van der Waals surface area contributed by atoms with Crippen LogP contribution in [0.25, 0.3) is 0 Å². The Bertz CT molecular complexity index is 298. The first-order valence-corrected chi connectivity index (χ1v) is 7.63. The fourth-order valence-corrected chi connectivity index (χ4v) is 3.36. The van der Waals surface area contributed by atoms with Crippen molar-refractivity contribution < 1.29 is 9.90 Å². The zero-order chi connectivity index (χ0) is 13.7. The van der Waals surface area contributed by atoms with Gasteiger partial charge in [-0.2, -0.15) is 0 Å². The molecule has 19 heavy (non-hydrogen) atoms. The van der Waals surface area contributed by atoms with Crippen LogP contribution >= 0.6 is 0 Å². The predicted molar refractivity (Wildman–Crippen MR) is 75.4 cm³/mol. The summed E-state index contributed by atoms with van der Waals surface area (Å²) < 4.78 is 0. The first-order valence-electron chi connectivity index (χ1n) is 7.63. The number of carboxylic acids is 1. The molecule has 0 bridgehead atoms. The average Bonchev–Trinajstić information content (AvgIpc) is 2.72. The first-order chi connectivity index (χ1) is 9.20. The van der Waals surface area contributed by atoms with E-state index in [1.165, 1.54) is 32.4 Å². The zero-order valence-corrected chi connectivity index (χ0v) is 12.0. The molecule has 0 aromatic rings. The number of hydrogen-bond donors (Lipinski definition) is 2. The Balaban J connectivity index is 1.79. The molecule has 5 nitrogen and oxygen atoms in total. The van der Waals surface area contributed by atoms with Gasteiger partial charge in [-0.15, -0.1) is 0 Å². The lowest BCUT2D eigenvalue weighted by molar-refractivity contribution is -0.139. The monoisotopic (exact) mass is 269 g/mol. The van der Waals surface area contributed by atoms with Gasteiger partial charge < -0.3 is 15.3 Å². The van der Waals surface area contributed by atoms with Crippen molar-refractivity contribution in [1.82, 2.24) is 15.1 Å². The van der Waals surface area contributed by atoms with E-state index in [2.05, 4.69) is 15.1 Å². The summed E-state index contributed by atoms with van der Waals surface area (Å²) in [6, 6.07) is 0.317. The third kappa shape index (κ3) is 4.16. The van der Waals surface area contributed by atoms with Gasteiger partial charge in [0.05, 0.1) is 0 Å². The lowest BCUT2D eigenvalue weighted by Crippen LogP contribution is -2.42. The van der Waals surface area contributed by atoms with Crippen LogP contribution in [-0.4, -0.2) is 72.2 Å². The Kier molecular flexibility index (Phi) is 5.60. The molecule has 0 aliphatic carbocycles. The first kappa shape index (κ1) is 14.8. The molecule has 0 spiro atoms. The molecule has 2 fully saturated rings. The summed E-state index contributed by atoms with van der Waals surface area (Å²) in [7, 11) is 0. The summed E-state index contributed by atoms with van der Waals surface area (Å²) >= 11 is 0. The molecule has 110 valence electrons. The van der Waals surface area contributed by atoms with Crippen LogP contribution in [0.3, 0.4) is 0 Å². The minimum atomic E-state index is -0.723. The molecule has 2 saturated heterocycles. The molecule has 0 saturated carbocycles. The van der Waals surface area contributed by atoms with Crippen molar-refractivity contribution in [3.05, 3.63) is 0 Å². The molecule has 2 rings (SSSR count). The van der Waals surface area contributed by atoms with Crippen LogP contribution in [0.2, 0.25) is 0 Å². The largest absolute Gasteiger partial charge is 0.480 e. The van der Waals surface area contributed by atoms with Gasteiger partial charge in [0.1, 0.15) is 6.04 Å². The van der Waals surface area contributed by atoms with Crippen molar-refractivity contribution in [3.8, 4) is 0 Å². The average molecular weight is 269 g/mol. The quantitative estimate of drug-likeness (QED) is 0.740. The summed E-state index contributed by atoms with van der Waals surface area (Å²) in [6.45, 7) is 8.29. The number of aliphatic carboxylic acids is 1. The number of rotatable bonds is 6. The number of nitrogens with one attached hydrogen (secondary N) is 1. The van der Waals surface area contributed by atoms with Crippen molar-refractivity contribution in [2.24, 2.45) is 0 Å². The molecular formula is C14H27N3O2. The summed E-state index contributed by atoms with van der Waals surface area (Å²) in [5.74, 6) is -0.723. The van der Waals surface area contributed by atoms with Gasteiger partial charge in [-0.25, -0.2) is 0 Å². The molecule has 5 heteroatoms. The second kappa shape index (κ2) is 7.22. The Morgan fingerprint density at radius 3 is 2.89 bits per heavy atom. The van der Waals surface area contributed by atoms with Crippen LogP contribution in [0.5, 0.6) is 0 Å². The van der Waals surface area contributed by atoms with Gasteiger partial charge in [0.15, 0.2) is 0 Å². The highest BCUT2D eigenvalue weighted by Crippen LogP contribution is 2.21.